The number of para-hydroxylation sites is 2. The normalized spacial score (nSPS) is 10.5. The maximum Gasteiger partial charge on any atom is 0.341 e. The Hall–Kier alpha value is -2.95. The van der Waals surface area contributed by atoms with Gasteiger partial charge in [0.2, 0.25) is 5.88 Å². The highest BCUT2D eigenvalue weighted by molar-refractivity contribution is 5.95. The van der Waals surface area contributed by atoms with Crippen LogP contribution in [-0.2, 0) is 0 Å². The molecule has 0 aliphatic heterocycles. The topological polar surface area (TPSA) is 59.4 Å². The van der Waals surface area contributed by atoms with Gasteiger partial charge in [0.15, 0.2) is 11.6 Å². The van der Waals surface area contributed by atoms with Crippen molar-refractivity contribution in [3.63, 3.8) is 0 Å². The number of rotatable bonds is 3. The van der Waals surface area contributed by atoms with Gasteiger partial charge in [-0.1, -0.05) is 30.3 Å². The monoisotopic (exact) mass is 283 g/mol. The van der Waals surface area contributed by atoms with Crippen LogP contribution in [0.15, 0.2) is 54.6 Å². The molecule has 3 aromatic rings. The van der Waals surface area contributed by atoms with E-state index >= 15 is 0 Å². The van der Waals surface area contributed by atoms with Crippen molar-refractivity contribution < 1.29 is 19.0 Å². The van der Waals surface area contributed by atoms with Crippen LogP contribution in [0.4, 0.5) is 4.39 Å². The minimum Gasteiger partial charge on any atom is -0.477 e. The van der Waals surface area contributed by atoms with E-state index in [9.17, 15) is 14.3 Å². The van der Waals surface area contributed by atoms with E-state index in [2.05, 4.69) is 4.98 Å². The first-order chi connectivity index (χ1) is 10.1. The van der Waals surface area contributed by atoms with Crippen molar-refractivity contribution in [1.29, 1.82) is 0 Å². The number of carboxylic acid groups (broad SMARTS) is 1. The smallest absolute Gasteiger partial charge is 0.341 e. The van der Waals surface area contributed by atoms with Crippen molar-refractivity contribution in [3.05, 3.63) is 66.0 Å². The van der Waals surface area contributed by atoms with Crippen molar-refractivity contribution >= 4 is 16.9 Å². The van der Waals surface area contributed by atoms with Gasteiger partial charge in [-0.25, -0.2) is 14.2 Å². The van der Waals surface area contributed by atoms with Gasteiger partial charge in [0.25, 0.3) is 0 Å². The lowest BCUT2D eigenvalue weighted by molar-refractivity contribution is 0.0693. The lowest BCUT2D eigenvalue weighted by Crippen LogP contribution is -2.03. The molecule has 0 aliphatic rings. The molecule has 1 heterocycles. The maximum absolute atomic E-state index is 13.6. The second-order valence-electron chi connectivity index (χ2n) is 4.37. The Kier molecular flexibility index (Phi) is 3.23. The summed E-state index contributed by atoms with van der Waals surface area (Å²) in [4.78, 5) is 15.5. The summed E-state index contributed by atoms with van der Waals surface area (Å²) < 4.78 is 19.0. The zero-order chi connectivity index (χ0) is 14.8. The van der Waals surface area contributed by atoms with E-state index in [4.69, 9.17) is 4.74 Å². The average molecular weight is 283 g/mol. The lowest BCUT2D eigenvalue weighted by atomic mass is 10.1. The van der Waals surface area contributed by atoms with E-state index in [1.165, 1.54) is 24.3 Å². The Labute approximate surface area is 119 Å². The summed E-state index contributed by atoms with van der Waals surface area (Å²) in [6.07, 6.45) is 0. The summed E-state index contributed by atoms with van der Waals surface area (Å²) >= 11 is 0. The van der Waals surface area contributed by atoms with E-state index in [0.717, 1.165) is 0 Å². The number of nitrogens with zero attached hydrogens (tertiary/aromatic N) is 1. The highest BCUT2D eigenvalue weighted by Gasteiger charge is 2.16. The summed E-state index contributed by atoms with van der Waals surface area (Å²) in [5.74, 6) is -1.96. The summed E-state index contributed by atoms with van der Waals surface area (Å²) in [5, 5.41) is 9.94. The standard InChI is InChI=1S/C16H10FNO3/c17-12-6-2-4-8-14(12)21-15-11(16(19)20)9-10-5-1-3-7-13(10)18-15/h1-9H,(H,19,20). The van der Waals surface area contributed by atoms with Crippen LogP contribution in [0.2, 0.25) is 0 Å². The average Bonchev–Trinajstić information content (AvgIpc) is 2.48. The molecule has 0 unspecified atom stereocenters. The zero-order valence-electron chi connectivity index (χ0n) is 10.8. The minimum atomic E-state index is -1.18. The molecular weight excluding hydrogens is 273 g/mol. The first-order valence-corrected chi connectivity index (χ1v) is 6.20. The highest BCUT2D eigenvalue weighted by atomic mass is 19.1. The zero-order valence-corrected chi connectivity index (χ0v) is 10.8. The van der Waals surface area contributed by atoms with Crippen molar-refractivity contribution in [3.8, 4) is 11.6 Å². The minimum absolute atomic E-state index is 0.0669. The van der Waals surface area contributed by atoms with E-state index < -0.39 is 11.8 Å². The molecule has 0 saturated heterocycles. The van der Waals surface area contributed by atoms with E-state index in [0.29, 0.717) is 10.9 Å². The first-order valence-electron chi connectivity index (χ1n) is 6.20. The number of benzene rings is 2. The van der Waals surface area contributed by atoms with E-state index in [1.807, 2.05) is 0 Å². The SMILES string of the molecule is O=C(O)c1cc2ccccc2nc1Oc1ccccc1F. The molecule has 1 aromatic heterocycles. The van der Waals surface area contributed by atoms with Gasteiger partial charge in [-0.15, -0.1) is 0 Å². The van der Waals surface area contributed by atoms with Crippen LogP contribution in [0.5, 0.6) is 11.6 Å². The van der Waals surface area contributed by atoms with E-state index in [1.54, 1.807) is 30.3 Å². The van der Waals surface area contributed by atoms with Gasteiger partial charge < -0.3 is 9.84 Å². The summed E-state index contributed by atoms with van der Waals surface area (Å²) in [6.45, 7) is 0. The molecule has 1 N–H and O–H groups in total. The number of ether oxygens (including phenoxy) is 1. The van der Waals surface area contributed by atoms with Gasteiger partial charge >= 0.3 is 5.97 Å². The van der Waals surface area contributed by atoms with Crippen LogP contribution in [0.1, 0.15) is 10.4 Å². The number of aromatic carboxylic acids is 1. The van der Waals surface area contributed by atoms with Gasteiger partial charge in [-0.2, -0.15) is 0 Å². The van der Waals surface area contributed by atoms with Gasteiger partial charge in [0.1, 0.15) is 5.56 Å². The van der Waals surface area contributed by atoms with Gasteiger partial charge in [0, 0.05) is 5.39 Å². The summed E-state index contributed by atoms with van der Waals surface area (Å²) in [5.41, 5.74) is 0.464. The molecule has 0 bridgehead atoms. The third-order valence-electron chi connectivity index (χ3n) is 2.96. The van der Waals surface area contributed by atoms with Gasteiger partial charge in [-0.3, -0.25) is 0 Å². The Bertz CT molecular complexity index is 833. The molecular formula is C16H10FNO3. The van der Waals surface area contributed by atoms with Crippen LogP contribution >= 0.6 is 0 Å². The summed E-state index contributed by atoms with van der Waals surface area (Å²) in [6, 6.07) is 14.3. The van der Waals surface area contributed by atoms with Crippen molar-refractivity contribution in [2.24, 2.45) is 0 Å². The fourth-order valence-corrected chi connectivity index (χ4v) is 1.96. The molecule has 21 heavy (non-hydrogen) atoms. The Balaban J connectivity index is 2.14. The molecule has 4 nitrogen and oxygen atoms in total. The van der Waals surface area contributed by atoms with Gasteiger partial charge in [-0.05, 0) is 24.3 Å². The first kappa shape index (κ1) is 13.1. The van der Waals surface area contributed by atoms with Crippen molar-refractivity contribution in [1.82, 2.24) is 4.98 Å². The molecule has 2 aromatic carbocycles. The van der Waals surface area contributed by atoms with Gasteiger partial charge in [0.05, 0.1) is 5.52 Å². The molecule has 5 heteroatoms. The molecule has 0 aliphatic carbocycles. The second-order valence-corrected chi connectivity index (χ2v) is 4.37. The number of carbonyl (C=O) groups is 1. The Morgan fingerprint density at radius 1 is 1.10 bits per heavy atom. The third kappa shape index (κ3) is 2.53. The predicted octanol–water partition coefficient (Wildman–Crippen LogP) is 3.86. The van der Waals surface area contributed by atoms with Crippen LogP contribution < -0.4 is 4.74 Å². The fraction of sp³-hybridized carbons (Fsp3) is 0. The number of hydrogen-bond acceptors (Lipinski definition) is 3. The van der Waals surface area contributed by atoms with Crippen molar-refractivity contribution in [2.45, 2.75) is 0 Å². The van der Waals surface area contributed by atoms with Crippen LogP contribution in [-0.4, -0.2) is 16.1 Å². The number of hydrogen-bond donors (Lipinski definition) is 1. The molecule has 0 atom stereocenters. The number of carboxylic acids is 1. The second kappa shape index (κ2) is 5.20. The van der Waals surface area contributed by atoms with Crippen LogP contribution in [0, 0.1) is 5.82 Å². The summed E-state index contributed by atoms with van der Waals surface area (Å²) in [7, 11) is 0. The maximum atomic E-state index is 13.6. The molecule has 104 valence electrons. The third-order valence-corrected chi connectivity index (χ3v) is 2.96. The number of pyridine rings is 1. The van der Waals surface area contributed by atoms with Crippen molar-refractivity contribution in [2.75, 3.05) is 0 Å². The van der Waals surface area contributed by atoms with E-state index in [-0.39, 0.29) is 17.2 Å². The van der Waals surface area contributed by atoms with Crippen LogP contribution in [0.25, 0.3) is 10.9 Å². The van der Waals surface area contributed by atoms with Crippen LogP contribution in [0.3, 0.4) is 0 Å². The predicted molar refractivity (Wildman–Crippen MR) is 75.2 cm³/mol. The lowest BCUT2D eigenvalue weighted by Gasteiger charge is -2.09. The fourth-order valence-electron chi connectivity index (χ4n) is 1.96. The Morgan fingerprint density at radius 3 is 2.57 bits per heavy atom. The molecule has 0 radical (unpaired) electrons. The number of aromatic nitrogens is 1. The Morgan fingerprint density at radius 2 is 1.81 bits per heavy atom. The largest absolute Gasteiger partial charge is 0.477 e. The number of fused-ring (bicyclic) bond motifs is 1. The molecule has 0 amide bonds. The molecule has 0 spiro atoms. The molecule has 3 rings (SSSR count). The quantitative estimate of drug-likeness (QED) is 0.792. The molecule has 0 saturated carbocycles. The number of halogens is 1. The highest BCUT2D eigenvalue weighted by Crippen LogP contribution is 2.28. The molecule has 0 fully saturated rings.